The molecule has 7 heteroatoms. The Morgan fingerprint density at radius 1 is 1.00 bits per heavy atom. The van der Waals surface area contributed by atoms with Crippen LogP contribution in [0.25, 0.3) is 0 Å². The average Bonchev–Trinajstić information content (AvgIpc) is 2.84. The lowest BCUT2D eigenvalue weighted by Crippen LogP contribution is -2.32. The lowest BCUT2D eigenvalue weighted by molar-refractivity contribution is -0.384. The molecule has 1 N–H and O–H groups in total. The molecule has 0 saturated carbocycles. The standard InChI is InChI=1S/C17H15N3O4/c21-16-15(10-12-6-8-14(9-7-12)20(23)24)18-17(22)19(16)11-13-4-2-1-3-5-13/h1-9,15H,10-11H2,(H,18,22). The van der Waals surface area contributed by atoms with Crippen molar-refractivity contribution in [1.29, 1.82) is 0 Å². The van der Waals surface area contributed by atoms with Crippen LogP contribution in [-0.4, -0.2) is 27.8 Å². The van der Waals surface area contributed by atoms with E-state index in [0.29, 0.717) is 6.42 Å². The van der Waals surface area contributed by atoms with Gasteiger partial charge in [-0.05, 0) is 11.1 Å². The van der Waals surface area contributed by atoms with Crippen LogP contribution >= 0.6 is 0 Å². The monoisotopic (exact) mass is 325 g/mol. The highest BCUT2D eigenvalue weighted by molar-refractivity contribution is 6.04. The van der Waals surface area contributed by atoms with Crippen LogP contribution in [0, 0.1) is 10.1 Å². The van der Waals surface area contributed by atoms with E-state index in [1.807, 2.05) is 30.3 Å². The molecule has 0 bridgehead atoms. The van der Waals surface area contributed by atoms with Gasteiger partial charge >= 0.3 is 6.03 Å². The zero-order valence-corrected chi connectivity index (χ0v) is 12.7. The highest BCUT2D eigenvalue weighted by Gasteiger charge is 2.37. The number of urea groups is 1. The maximum absolute atomic E-state index is 12.4. The van der Waals surface area contributed by atoms with E-state index in [2.05, 4.69) is 5.32 Å². The maximum atomic E-state index is 12.4. The van der Waals surface area contributed by atoms with Gasteiger partial charge in [0.2, 0.25) is 0 Å². The second-order valence-electron chi connectivity index (χ2n) is 5.54. The summed E-state index contributed by atoms with van der Waals surface area (Å²) in [6.45, 7) is 0.224. The van der Waals surface area contributed by atoms with Crippen LogP contribution in [0.15, 0.2) is 54.6 Å². The normalized spacial score (nSPS) is 17.0. The van der Waals surface area contributed by atoms with E-state index in [-0.39, 0.29) is 18.1 Å². The smallest absolute Gasteiger partial charge is 0.325 e. The molecule has 1 aliphatic heterocycles. The molecule has 122 valence electrons. The highest BCUT2D eigenvalue weighted by atomic mass is 16.6. The summed E-state index contributed by atoms with van der Waals surface area (Å²) in [5, 5.41) is 13.3. The molecule has 0 radical (unpaired) electrons. The largest absolute Gasteiger partial charge is 0.325 e. The Labute approximate surface area is 138 Å². The van der Waals surface area contributed by atoms with Crippen molar-refractivity contribution in [2.45, 2.75) is 19.0 Å². The van der Waals surface area contributed by atoms with E-state index in [1.54, 1.807) is 12.1 Å². The molecule has 3 rings (SSSR count). The predicted molar refractivity (Wildman–Crippen MR) is 86.1 cm³/mol. The Kier molecular flexibility index (Phi) is 4.24. The second-order valence-corrected chi connectivity index (χ2v) is 5.54. The summed E-state index contributed by atoms with van der Waals surface area (Å²) in [5.41, 5.74) is 1.61. The summed E-state index contributed by atoms with van der Waals surface area (Å²) in [6.07, 6.45) is 0.299. The first kappa shape index (κ1) is 15.7. The number of hydrogen-bond acceptors (Lipinski definition) is 4. The average molecular weight is 325 g/mol. The molecule has 1 unspecified atom stereocenters. The van der Waals surface area contributed by atoms with Crippen molar-refractivity contribution in [3.63, 3.8) is 0 Å². The Morgan fingerprint density at radius 3 is 2.29 bits per heavy atom. The Balaban J connectivity index is 1.68. The van der Waals surface area contributed by atoms with E-state index in [4.69, 9.17) is 0 Å². The summed E-state index contributed by atoms with van der Waals surface area (Å²) >= 11 is 0. The van der Waals surface area contributed by atoms with Crippen LogP contribution in [-0.2, 0) is 17.8 Å². The first-order valence-corrected chi connectivity index (χ1v) is 7.44. The van der Waals surface area contributed by atoms with Gasteiger partial charge in [0.1, 0.15) is 6.04 Å². The minimum atomic E-state index is -0.650. The molecule has 3 amide bonds. The van der Waals surface area contributed by atoms with Gasteiger partial charge in [-0.25, -0.2) is 4.79 Å². The number of hydrogen-bond donors (Lipinski definition) is 1. The molecule has 1 fully saturated rings. The molecule has 0 spiro atoms. The summed E-state index contributed by atoms with van der Waals surface area (Å²) in [5.74, 6) is -0.290. The zero-order chi connectivity index (χ0) is 17.1. The van der Waals surface area contributed by atoms with Gasteiger partial charge in [-0.1, -0.05) is 42.5 Å². The molecule has 24 heavy (non-hydrogen) atoms. The van der Waals surface area contributed by atoms with Crippen molar-refractivity contribution in [2.75, 3.05) is 0 Å². The number of carbonyl (C=O) groups is 2. The molecule has 1 aliphatic rings. The lowest BCUT2D eigenvalue weighted by Gasteiger charge is -2.13. The number of carbonyl (C=O) groups excluding carboxylic acids is 2. The zero-order valence-electron chi connectivity index (χ0n) is 12.7. The van der Waals surface area contributed by atoms with E-state index in [9.17, 15) is 19.7 Å². The van der Waals surface area contributed by atoms with Gasteiger partial charge < -0.3 is 5.32 Å². The third-order valence-corrected chi connectivity index (χ3v) is 3.88. The number of nitro groups is 1. The number of nitrogens with zero attached hydrogens (tertiary/aromatic N) is 2. The molecule has 1 saturated heterocycles. The highest BCUT2D eigenvalue weighted by Crippen LogP contribution is 2.17. The molecular formula is C17H15N3O4. The minimum absolute atomic E-state index is 0.00811. The number of benzene rings is 2. The molecule has 2 aromatic carbocycles. The van der Waals surface area contributed by atoms with Crippen LogP contribution < -0.4 is 5.32 Å². The van der Waals surface area contributed by atoms with Crippen LogP contribution in [0.5, 0.6) is 0 Å². The molecule has 0 aromatic heterocycles. The minimum Gasteiger partial charge on any atom is -0.325 e. The predicted octanol–water partition coefficient (Wildman–Crippen LogP) is 2.26. The van der Waals surface area contributed by atoms with Gasteiger partial charge in [0, 0.05) is 18.6 Å². The Hall–Kier alpha value is -3.22. The second kappa shape index (κ2) is 6.49. The van der Waals surface area contributed by atoms with Crippen molar-refractivity contribution < 1.29 is 14.5 Å². The fraction of sp³-hybridized carbons (Fsp3) is 0.176. The van der Waals surface area contributed by atoms with Gasteiger partial charge in [0.15, 0.2) is 0 Å². The van der Waals surface area contributed by atoms with E-state index in [0.717, 1.165) is 11.1 Å². The Morgan fingerprint density at radius 2 is 1.67 bits per heavy atom. The van der Waals surface area contributed by atoms with Crippen molar-refractivity contribution in [1.82, 2.24) is 10.2 Å². The summed E-state index contributed by atoms with van der Waals surface area (Å²) < 4.78 is 0. The number of imide groups is 1. The van der Waals surface area contributed by atoms with Crippen molar-refractivity contribution >= 4 is 17.6 Å². The number of rotatable bonds is 5. The van der Waals surface area contributed by atoms with Gasteiger partial charge in [0.25, 0.3) is 11.6 Å². The third kappa shape index (κ3) is 3.24. The topological polar surface area (TPSA) is 92.5 Å². The first-order chi connectivity index (χ1) is 11.5. The summed E-state index contributed by atoms with van der Waals surface area (Å²) in [4.78, 5) is 35.8. The van der Waals surface area contributed by atoms with E-state index in [1.165, 1.54) is 17.0 Å². The van der Waals surface area contributed by atoms with Gasteiger partial charge in [-0.2, -0.15) is 0 Å². The van der Waals surface area contributed by atoms with Crippen molar-refractivity contribution in [2.24, 2.45) is 0 Å². The third-order valence-electron chi connectivity index (χ3n) is 3.88. The lowest BCUT2D eigenvalue weighted by atomic mass is 10.1. The molecule has 1 atom stereocenters. The molecule has 0 aliphatic carbocycles. The first-order valence-electron chi connectivity index (χ1n) is 7.44. The van der Waals surface area contributed by atoms with Gasteiger partial charge in [-0.15, -0.1) is 0 Å². The Bertz CT molecular complexity index is 774. The van der Waals surface area contributed by atoms with Crippen LogP contribution in [0.4, 0.5) is 10.5 Å². The number of amides is 3. The fourth-order valence-corrected chi connectivity index (χ4v) is 2.62. The molecular weight excluding hydrogens is 310 g/mol. The molecule has 1 heterocycles. The van der Waals surface area contributed by atoms with Gasteiger partial charge in [-0.3, -0.25) is 19.8 Å². The molecule has 2 aromatic rings. The van der Waals surface area contributed by atoms with E-state index >= 15 is 0 Å². The van der Waals surface area contributed by atoms with Gasteiger partial charge in [0.05, 0.1) is 11.5 Å². The SMILES string of the molecule is O=C1NC(Cc2ccc([N+](=O)[O-])cc2)C(=O)N1Cc1ccccc1. The van der Waals surface area contributed by atoms with E-state index < -0.39 is 17.0 Å². The number of nitrogens with one attached hydrogen (secondary N) is 1. The number of nitro benzene ring substituents is 1. The summed E-state index contributed by atoms with van der Waals surface area (Å²) in [7, 11) is 0. The fourth-order valence-electron chi connectivity index (χ4n) is 2.62. The van der Waals surface area contributed by atoms with Crippen molar-refractivity contribution in [3.05, 3.63) is 75.8 Å². The van der Waals surface area contributed by atoms with Crippen molar-refractivity contribution in [3.8, 4) is 0 Å². The quantitative estimate of drug-likeness (QED) is 0.518. The summed E-state index contributed by atoms with van der Waals surface area (Å²) in [6, 6.07) is 14.2. The molecule has 7 nitrogen and oxygen atoms in total. The number of non-ortho nitro benzene ring substituents is 1. The van der Waals surface area contributed by atoms with Crippen LogP contribution in [0.1, 0.15) is 11.1 Å². The maximum Gasteiger partial charge on any atom is 0.325 e. The van der Waals surface area contributed by atoms with Crippen LogP contribution in [0.2, 0.25) is 0 Å². The van der Waals surface area contributed by atoms with Crippen LogP contribution in [0.3, 0.4) is 0 Å².